The number of aryl methyl sites for hydroxylation is 1. The maximum atomic E-state index is 10.7. The van der Waals surface area contributed by atoms with E-state index in [1.165, 1.54) is 12.3 Å². The summed E-state index contributed by atoms with van der Waals surface area (Å²) in [5.41, 5.74) is 2.35. The number of carbonyl (C=O) groups is 1. The minimum Gasteiger partial charge on any atom is -0.492 e. The Kier molecular flexibility index (Phi) is 4.99. The van der Waals surface area contributed by atoms with E-state index in [9.17, 15) is 4.79 Å². The van der Waals surface area contributed by atoms with Crippen LogP contribution < -0.4 is 9.47 Å². The molecule has 0 saturated heterocycles. The van der Waals surface area contributed by atoms with E-state index < -0.39 is 0 Å². The van der Waals surface area contributed by atoms with Gasteiger partial charge in [0, 0.05) is 0 Å². The fourth-order valence-corrected chi connectivity index (χ4v) is 2.58. The van der Waals surface area contributed by atoms with Crippen LogP contribution in [-0.4, -0.2) is 18.4 Å². The summed E-state index contributed by atoms with van der Waals surface area (Å²) >= 11 is 0. The lowest BCUT2D eigenvalue weighted by Gasteiger charge is -2.17. The predicted octanol–water partition coefficient (Wildman–Crippen LogP) is 4.04. The number of aromatic nitrogens is 1. The van der Waals surface area contributed by atoms with Gasteiger partial charge in [0.1, 0.15) is 18.3 Å². The second kappa shape index (κ2) is 7.53. The van der Waals surface area contributed by atoms with Gasteiger partial charge in [-0.1, -0.05) is 6.08 Å². The van der Waals surface area contributed by atoms with E-state index in [1.807, 2.05) is 19.1 Å². The van der Waals surface area contributed by atoms with Crippen LogP contribution in [0, 0.1) is 6.92 Å². The van der Waals surface area contributed by atoms with Crippen LogP contribution in [0.25, 0.3) is 17.4 Å². The van der Waals surface area contributed by atoms with E-state index in [0.29, 0.717) is 28.7 Å². The monoisotopic (exact) mass is 339 g/mol. The second-order valence-corrected chi connectivity index (χ2v) is 5.21. The summed E-state index contributed by atoms with van der Waals surface area (Å²) in [6.07, 6.45) is 8.48. The number of nitrogens with zero attached hydrogens (tertiary/aromatic N) is 1. The lowest BCUT2D eigenvalue weighted by molar-refractivity contribution is -0.104. The Labute approximate surface area is 144 Å². The molecule has 128 valence electrons. The van der Waals surface area contributed by atoms with Gasteiger partial charge in [-0.2, -0.15) is 0 Å². The number of furan rings is 1. The lowest BCUT2D eigenvalue weighted by Crippen LogP contribution is -2.02. The molecule has 0 bridgehead atoms. The van der Waals surface area contributed by atoms with Crippen LogP contribution >= 0.6 is 0 Å². The van der Waals surface area contributed by atoms with Crippen molar-refractivity contribution in [2.75, 3.05) is 7.11 Å². The summed E-state index contributed by atoms with van der Waals surface area (Å²) in [7, 11) is 1.56. The summed E-state index contributed by atoms with van der Waals surface area (Å²) in [6.45, 7) is 2.07. The van der Waals surface area contributed by atoms with Crippen molar-refractivity contribution < 1.29 is 23.1 Å². The lowest BCUT2D eigenvalue weighted by atomic mass is 9.99. The molecule has 0 N–H and O–H groups in total. The first-order valence-electron chi connectivity index (χ1n) is 7.63. The van der Waals surface area contributed by atoms with E-state index in [2.05, 4.69) is 4.98 Å². The standard InChI is InChI=1S/C19H17NO5/c1-13-11-14(5-3-8-21)17(15-6-4-9-23-15)19(22-2)18(13)25-12-16-20-7-10-24-16/h3-11H,12H2,1-2H3/b5-3+. The zero-order valence-electron chi connectivity index (χ0n) is 13.9. The van der Waals surface area contributed by atoms with Gasteiger partial charge in [-0.25, -0.2) is 4.98 Å². The molecule has 2 aromatic heterocycles. The maximum Gasteiger partial charge on any atom is 0.232 e. The quantitative estimate of drug-likeness (QED) is 0.478. The van der Waals surface area contributed by atoms with Gasteiger partial charge in [-0.15, -0.1) is 0 Å². The molecule has 2 heterocycles. The Balaban J connectivity index is 2.10. The van der Waals surface area contributed by atoms with Gasteiger partial charge in [0.25, 0.3) is 0 Å². The van der Waals surface area contributed by atoms with E-state index in [-0.39, 0.29) is 6.61 Å². The third kappa shape index (κ3) is 3.47. The molecule has 6 nitrogen and oxygen atoms in total. The molecule has 25 heavy (non-hydrogen) atoms. The van der Waals surface area contributed by atoms with Crippen molar-refractivity contribution in [3.63, 3.8) is 0 Å². The van der Waals surface area contributed by atoms with Gasteiger partial charge >= 0.3 is 0 Å². The van der Waals surface area contributed by atoms with Gasteiger partial charge in [-0.3, -0.25) is 4.79 Å². The van der Waals surface area contributed by atoms with Gasteiger partial charge < -0.3 is 18.3 Å². The molecular weight excluding hydrogens is 322 g/mol. The fourth-order valence-electron chi connectivity index (χ4n) is 2.58. The topological polar surface area (TPSA) is 74.7 Å². The van der Waals surface area contributed by atoms with Crippen LogP contribution in [0.3, 0.4) is 0 Å². The molecule has 3 aromatic rings. The maximum absolute atomic E-state index is 10.7. The highest BCUT2D eigenvalue weighted by Crippen LogP contribution is 2.44. The molecule has 0 spiro atoms. The zero-order chi connectivity index (χ0) is 17.6. The van der Waals surface area contributed by atoms with Gasteiger partial charge in [0.05, 0.1) is 25.1 Å². The first-order valence-corrected chi connectivity index (χ1v) is 7.63. The smallest absolute Gasteiger partial charge is 0.232 e. The summed E-state index contributed by atoms with van der Waals surface area (Å²) < 4.78 is 22.2. The number of carbonyl (C=O) groups excluding carboxylic acids is 1. The zero-order valence-corrected chi connectivity index (χ0v) is 13.9. The molecule has 0 radical (unpaired) electrons. The number of benzene rings is 1. The molecule has 0 atom stereocenters. The largest absolute Gasteiger partial charge is 0.492 e. The Bertz CT molecular complexity index is 864. The molecule has 0 unspecified atom stereocenters. The van der Waals surface area contributed by atoms with Gasteiger partial charge in [-0.05, 0) is 42.3 Å². The number of aldehydes is 1. The van der Waals surface area contributed by atoms with Crippen LogP contribution in [0.1, 0.15) is 17.0 Å². The van der Waals surface area contributed by atoms with Crippen LogP contribution in [0.2, 0.25) is 0 Å². The molecule has 0 aliphatic heterocycles. The molecule has 0 amide bonds. The molecule has 1 aromatic carbocycles. The van der Waals surface area contributed by atoms with Gasteiger partial charge in [0.15, 0.2) is 18.1 Å². The van der Waals surface area contributed by atoms with Crippen molar-refractivity contribution in [3.8, 4) is 22.8 Å². The summed E-state index contributed by atoms with van der Waals surface area (Å²) in [6, 6.07) is 5.52. The minimum absolute atomic E-state index is 0.172. The third-order valence-electron chi connectivity index (χ3n) is 3.60. The van der Waals surface area contributed by atoms with Crippen molar-refractivity contribution in [1.29, 1.82) is 0 Å². The number of hydrogen-bond donors (Lipinski definition) is 0. The highest BCUT2D eigenvalue weighted by atomic mass is 16.5. The van der Waals surface area contributed by atoms with Crippen molar-refractivity contribution in [1.82, 2.24) is 4.98 Å². The van der Waals surface area contributed by atoms with Crippen molar-refractivity contribution in [2.45, 2.75) is 13.5 Å². The number of methoxy groups -OCH3 is 1. The normalized spacial score (nSPS) is 11.0. The number of hydrogen-bond acceptors (Lipinski definition) is 6. The number of oxazole rings is 1. The molecule has 0 aliphatic carbocycles. The van der Waals surface area contributed by atoms with Gasteiger partial charge in [0.2, 0.25) is 5.89 Å². The number of allylic oxidation sites excluding steroid dienone is 1. The number of rotatable bonds is 7. The van der Waals surface area contributed by atoms with Crippen LogP contribution in [-0.2, 0) is 11.4 Å². The van der Waals surface area contributed by atoms with E-state index in [1.54, 1.807) is 31.7 Å². The van der Waals surface area contributed by atoms with E-state index in [4.69, 9.17) is 18.3 Å². The minimum atomic E-state index is 0.172. The molecule has 0 aliphatic rings. The molecule has 0 saturated carbocycles. The number of ether oxygens (including phenoxy) is 2. The predicted molar refractivity (Wildman–Crippen MR) is 91.4 cm³/mol. The highest BCUT2D eigenvalue weighted by Gasteiger charge is 2.21. The SMILES string of the molecule is COc1c(OCc2ncco2)c(C)cc(/C=C/C=O)c1-c1ccco1. The van der Waals surface area contributed by atoms with Crippen LogP contribution in [0.4, 0.5) is 0 Å². The first kappa shape index (κ1) is 16.6. The first-order chi connectivity index (χ1) is 12.2. The highest BCUT2D eigenvalue weighted by molar-refractivity contribution is 5.85. The summed E-state index contributed by atoms with van der Waals surface area (Å²) in [4.78, 5) is 14.8. The average molecular weight is 339 g/mol. The molecule has 6 heteroatoms. The van der Waals surface area contributed by atoms with Crippen molar-refractivity contribution in [3.05, 3.63) is 60.0 Å². The van der Waals surface area contributed by atoms with E-state index >= 15 is 0 Å². The second-order valence-electron chi connectivity index (χ2n) is 5.21. The third-order valence-corrected chi connectivity index (χ3v) is 3.60. The average Bonchev–Trinajstić information content (AvgIpc) is 3.31. The Hall–Kier alpha value is -3.28. The summed E-state index contributed by atoms with van der Waals surface area (Å²) in [5, 5.41) is 0. The van der Waals surface area contributed by atoms with Crippen molar-refractivity contribution >= 4 is 12.4 Å². The Morgan fingerprint density at radius 2 is 2.12 bits per heavy atom. The van der Waals surface area contributed by atoms with Crippen LogP contribution in [0.5, 0.6) is 11.5 Å². The van der Waals surface area contributed by atoms with E-state index in [0.717, 1.165) is 17.4 Å². The molecule has 3 rings (SSSR count). The van der Waals surface area contributed by atoms with Crippen LogP contribution in [0.15, 0.2) is 51.8 Å². The Morgan fingerprint density at radius 3 is 2.76 bits per heavy atom. The fraction of sp³-hybridized carbons (Fsp3) is 0.158. The van der Waals surface area contributed by atoms with Crippen molar-refractivity contribution in [2.24, 2.45) is 0 Å². The summed E-state index contributed by atoms with van der Waals surface area (Å²) in [5.74, 6) is 2.16. The Morgan fingerprint density at radius 1 is 1.24 bits per heavy atom. The molecule has 0 fully saturated rings. The molecular formula is C19H17NO5.